The predicted octanol–water partition coefficient (Wildman–Crippen LogP) is 5.10. The molecule has 0 saturated carbocycles. The number of benzene rings is 3. The zero-order valence-corrected chi connectivity index (χ0v) is 17.8. The van der Waals surface area contributed by atoms with Gasteiger partial charge in [0.1, 0.15) is 0 Å². The highest BCUT2D eigenvalue weighted by molar-refractivity contribution is 6.21. The van der Waals surface area contributed by atoms with Crippen LogP contribution in [-0.2, 0) is 0 Å². The summed E-state index contributed by atoms with van der Waals surface area (Å²) in [5.41, 5.74) is 2.55. The van der Waals surface area contributed by atoms with Gasteiger partial charge in [0.15, 0.2) is 0 Å². The molecule has 3 aromatic carbocycles. The normalized spacial score (nSPS) is 17.5. The van der Waals surface area contributed by atoms with Crippen LogP contribution in [0.1, 0.15) is 57.9 Å². The van der Waals surface area contributed by atoms with Crippen molar-refractivity contribution in [3.05, 3.63) is 83.4 Å². The Labute approximate surface area is 183 Å². The summed E-state index contributed by atoms with van der Waals surface area (Å²) in [5, 5.41) is 2.64. The Morgan fingerprint density at radius 3 is 2.03 bits per heavy atom. The lowest BCUT2D eigenvalue weighted by Gasteiger charge is -2.32. The number of carbonyl (C=O) groups excluding carboxylic acids is 2. The summed E-state index contributed by atoms with van der Waals surface area (Å²) in [6.07, 6.45) is 4.25. The number of hydrogen-bond donors (Lipinski definition) is 0. The van der Waals surface area contributed by atoms with Crippen LogP contribution in [0.2, 0.25) is 0 Å². The zero-order chi connectivity index (χ0) is 21.2. The lowest BCUT2D eigenvalue weighted by atomic mass is 9.88. The quantitative estimate of drug-likeness (QED) is 0.418. The van der Waals surface area contributed by atoms with Gasteiger partial charge in [0.2, 0.25) is 0 Å². The molecule has 0 aliphatic carbocycles. The van der Waals surface area contributed by atoms with Crippen LogP contribution in [0, 0.1) is 0 Å². The fourth-order valence-corrected chi connectivity index (χ4v) is 5.00. The molecule has 2 heterocycles. The topological polar surface area (TPSA) is 40.6 Å². The van der Waals surface area contributed by atoms with Gasteiger partial charge in [0, 0.05) is 6.54 Å². The molecule has 4 heteroatoms. The van der Waals surface area contributed by atoms with Gasteiger partial charge in [0.25, 0.3) is 11.8 Å². The van der Waals surface area contributed by atoms with Crippen molar-refractivity contribution in [2.45, 2.75) is 31.6 Å². The Morgan fingerprint density at radius 2 is 1.32 bits per heavy atom. The van der Waals surface area contributed by atoms with Crippen molar-refractivity contribution in [2.24, 2.45) is 0 Å². The molecule has 0 unspecified atom stereocenters. The van der Waals surface area contributed by atoms with Gasteiger partial charge >= 0.3 is 0 Å². The number of fused-ring (bicyclic) bond motifs is 2. The summed E-state index contributed by atoms with van der Waals surface area (Å²) in [4.78, 5) is 28.8. The average Bonchev–Trinajstić information content (AvgIpc) is 3.07. The van der Waals surface area contributed by atoms with E-state index in [1.54, 1.807) is 12.1 Å². The summed E-state index contributed by atoms with van der Waals surface area (Å²) < 4.78 is 0. The fraction of sp³-hybridized carbons (Fsp3) is 0.333. The highest BCUT2D eigenvalue weighted by Gasteiger charge is 2.34. The Morgan fingerprint density at radius 1 is 0.710 bits per heavy atom. The van der Waals surface area contributed by atoms with Crippen LogP contribution >= 0.6 is 0 Å². The van der Waals surface area contributed by atoms with Gasteiger partial charge in [-0.1, -0.05) is 54.6 Å². The second-order valence-corrected chi connectivity index (χ2v) is 8.74. The Hall–Kier alpha value is -2.98. The Bertz CT molecular complexity index is 1080. The molecule has 158 valence electrons. The molecule has 0 spiro atoms. The summed E-state index contributed by atoms with van der Waals surface area (Å²) in [5.74, 6) is 0.354. The van der Waals surface area contributed by atoms with Crippen LogP contribution in [0.4, 0.5) is 0 Å². The number of unbranched alkanes of at least 4 members (excludes halogenated alkanes) is 1. The molecule has 0 atom stereocenters. The highest BCUT2D eigenvalue weighted by atomic mass is 16.2. The van der Waals surface area contributed by atoms with E-state index in [-0.39, 0.29) is 11.8 Å². The first-order valence-electron chi connectivity index (χ1n) is 11.4. The summed E-state index contributed by atoms with van der Waals surface area (Å²) in [6, 6.07) is 22.6. The molecule has 31 heavy (non-hydrogen) atoms. The lowest BCUT2D eigenvalue weighted by Crippen LogP contribution is -2.35. The van der Waals surface area contributed by atoms with Gasteiger partial charge in [0.05, 0.1) is 11.1 Å². The molecule has 2 amide bonds. The third-order valence-corrected chi connectivity index (χ3v) is 6.82. The fourth-order valence-electron chi connectivity index (χ4n) is 5.00. The van der Waals surface area contributed by atoms with Crippen LogP contribution < -0.4 is 0 Å². The Balaban J connectivity index is 1.08. The molecule has 2 aliphatic rings. The van der Waals surface area contributed by atoms with Crippen LogP contribution in [-0.4, -0.2) is 47.8 Å². The highest BCUT2D eigenvalue weighted by Crippen LogP contribution is 2.30. The third kappa shape index (κ3) is 4.00. The number of imide groups is 1. The van der Waals surface area contributed by atoms with Crippen LogP contribution in [0.25, 0.3) is 10.8 Å². The van der Waals surface area contributed by atoms with E-state index >= 15 is 0 Å². The molecule has 1 saturated heterocycles. The Kier molecular flexibility index (Phi) is 5.56. The largest absolute Gasteiger partial charge is 0.303 e. The number of likely N-dealkylation sites (tertiary alicyclic amines) is 1. The first-order valence-corrected chi connectivity index (χ1v) is 11.4. The van der Waals surface area contributed by atoms with Crippen LogP contribution in [0.3, 0.4) is 0 Å². The molecular formula is C27H28N2O2. The number of piperidine rings is 1. The van der Waals surface area contributed by atoms with Gasteiger partial charge in [-0.2, -0.15) is 0 Å². The molecule has 4 nitrogen and oxygen atoms in total. The second-order valence-electron chi connectivity index (χ2n) is 8.74. The minimum Gasteiger partial charge on any atom is -0.303 e. The van der Waals surface area contributed by atoms with E-state index in [0.717, 1.165) is 32.5 Å². The number of carbonyl (C=O) groups is 2. The predicted molar refractivity (Wildman–Crippen MR) is 123 cm³/mol. The minimum atomic E-state index is -0.142. The lowest BCUT2D eigenvalue weighted by molar-refractivity contribution is 0.0649. The standard InChI is InChI=1S/C27H28N2O2/c30-26-24-9-3-4-10-25(24)27(31)29(26)16-6-5-15-28-17-13-21(14-18-28)23-12-11-20-7-1-2-8-22(20)19-23/h1-4,7-12,19,21H,5-6,13-18H2. The molecule has 5 rings (SSSR count). The van der Waals surface area contributed by atoms with E-state index in [2.05, 4.69) is 47.4 Å². The maximum Gasteiger partial charge on any atom is 0.261 e. The van der Waals surface area contributed by atoms with E-state index in [9.17, 15) is 9.59 Å². The number of nitrogens with zero attached hydrogens (tertiary/aromatic N) is 2. The van der Waals surface area contributed by atoms with Gasteiger partial charge in [-0.3, -0.25) is 14.5 Å². The van der Waals surface area contributed by atoms with Gasteiger partial charge < -0.3 is 4.90 Å². The monoisotopic (exact) mass is 412 g/mol. The number of hydrogen-bond acceptors (Lipinski definition) is 3. The molecule has 0 aromatic heterocycles. The second kappa shape index (κ2) is 8.64. The molecule has 2 aliphatic heterocycles. The van der Waals surface area contributed by atoms with Crippen molar-refractivity contribution in [3.63, 3.8) is 0 Å². The maximum absolute atomic E-state index is 12.5. The van der Waals surface area contributed by atoms with Crippen molar-refractivity contribution >= 4 is 22.6 Å². The summed E-state index contributed by atoms with van der Waals surface area (Å²) in [6.45, 7) is 3.78. The van der Waals surface area contributed by atoms with Crippen molar-refractivity contribution in [3.8, 4) is 0 Å². The van der Waals surface area contributed by atoms with E-state index < -0.39 is 0 Å². The number of amides is 2. The van der Waals surface area contributed by atoms with Gasteiger partial charge in [-0.05, 0) is 79.7 Å². The van der Waals surface area contributed by atoms with Crippen LogP contribution in [0.15, 0.2) is 66.7 Å². The van der Waals surface area contributed by atoms with Crippen molar-refractivity contribution in [2.75, 3.05) is 26.2 Å². The first-order chi connectivity index (χ1) is 15.2. The molecular weight excluding hydrogens is 384 g/mol. The first kappa shape index (κ1) is 20.0. The molecule has 1 fully saturated rings. The van der Waals surface area contributed by atoms with E-state index in [0.29, 0.717) is 23.6 Å². The van der Waals surface area contributed by atoms with E-state index in [1.165, 1.54) is 34.1 Å². The smallest absolute Gasteiger partial charge is 0.261 e. The average molecular weight is 413 g/mol. The van der Waals surface area contributed by atoms with E-state index in [1.807, 2.05) is 12.1 Å². The van der Waals surface area contributed by atoms with Gasteiger partial charge in [-0.15, -0.1) is 0 Å². The summed E-state index contributed by atoms with van der Waals surface area (Å²) >= 11 is 0. The molecule has 3 aromatic rings. The third-order valence-electron chi connectivity index (χ3n) is 6.82. The van der Waals surface area contributed by atoms with Crippen molar-refractivity contribution < 1.29 is 9.59 Å². The maximum atomic E-state index is 12.5. The molecule has 0 bridgehead atoms. The zero-order valence-electron chi connectivity index (χ0n) is 17.8. The molecule has 0 radical (unpaired) electrons. The number of rotatable bonds is 6. The van der Waals surface area contributed by atoms with Crippen molar-refractivity contribution in [1.29, 1.82) is 0 Å². The van der Waals surface area contributed by atoms with Gasteiger partial charge in [-0.25, -0.2) is 0 Å². The summed E-state index contributed by atoms with van der Waals surface area (Å²) in [7, 11) is 0. The van der Waals surface area contributed by atoms with Crippen molar-refractivity contribution in [1.82, 2.24) is 9.80 Å². The van der Waals surface area contributed by atoms with E-state index in [4.69, 9.17) is 0 Å². The van der Waals surface area contributed by atoms with Crippen LogP contribution in [0.5, 0.6) is 0 Å². The molecule has 0 N–H and O–H groups in total. The SMILES string of the molecule is O=C1c2ccccc2C(=O)N1CCCCN1CCC(c2ccc3ccccc3c2)CC1. The minimum absolute atomic E-state index is 0.142.